The molecule has 1 atom stereocenters. The second-order valence-electron chi connectivity index (χ2n) is 3.28. The summed E-state index contributed by atoms with van der Waals surface area (Å²) in [6.45, 7) is 0.473. The molecule has 0 spiro atoms. The zero-order valence-electron chi connectivity index (χ0n) is 7.53. The molecule has 2 heterocycles. The number of nitrogens with zero attached hydrogens (tertiary/aromatic N) is 1. The van der Waals surface area contributed by atoms with Crippen molar-refractivity contribution in [3.8, 4) is 0 Å². The second-order valence-corrected chi connectivity index (χ2v) is 4.59. The summed E-state index contributed by atoms with van der Waals surface area (Å²) in [6, 6.07) is 1.99. The molecular weight excluding hydrogens is 184 g/mol. The van der Waals surface area contributed by atoms with E-state index in [1.165, 1.54) is 25.0 Å². The number of hydrogen-bond acceptors (Lipinski definition) is 4. The summed E-state index contributed by atoms with van der Waals surface area (Å²) < 4.78 is 5.24. The normalized spacial score (nSPS) is 23.3. The zero-order chi connectivity index (χ0) is 9.10. The molecule has 2 rings (SSSR count). The van der Waals surface area contributed by atoms with Crippen molar-refractivity contribution >= 4 is 11.8 Å². The lowest BCUT2D eigenvalue weighted by molar-refractivity contribution is 0.370. The maximum absolute atomic E-state index is 5.46. The maximum atomic E-state index is 5.46. The van der Waals surface area contributed by atoms with Gasteiger partial charge in [0.15, 0.2) is 0 Å². The van der Waals surface area contributed by atoms with E-state index in [-0.39, 0.29) is 0 Å². The van der Waals surface area contributed by atoms with Crippen LogP contribution in [0.1, 0.15) is 36.0 Å². The predicted octanol–water partition coefficient (Wildman–Crippen LogP) is 2.09. The molecule has 0 bridgehead atoms. The molecule has 13 heavy (non-hydrogen) atoms. The molecule has 1 aliphatic rings. The van der Waals surface area contributed by atoms with Crippen LogP contribution >= 0.6 is 11.8 Å². The van der Waals surface area contributed by atoms with E-state index in [4.69, 9.17) is 10.3 Å². The Morgan fingerprint density at radius 1 is 1.62 bits per heavy atom. The molecule has 1 aromatic heterocycles. The van der Waals surface area contributed by atoms with E-state index in [9.17, 15) is 0 Å². The van der Waals surface area contributed by atoms with Gasteiger partial charge in [-0.15, -0.1) is 0 Å². The van der Waals surface area contributed by atoms with Crippen molar-refractivity contribution in [3.63, 3.8) is 0 Å². The Morgan fingerprint density at radius 3 is 3.15 bits per heavy atom. The quantitative estimate of drug-likeness (QED) is 0.790. The highest BCUT2D eigenvalue weighted by Crippen LogP contribution is 2.38. The third kappa shape index (κ3) is 2.06. The van der Waals surface area contributed by atoms with E-state index in [2.05, 4.69) is 5.16 Å². The Labute approximate surface area is 82.0 Å². The number of thioether (sulfide) groups is 1. The molecule has 0 amide bonds. The van der Waals surface area contributed by atoms with Crippen molar-refractivity contribution in [2.45, 2.75) is 31.1 Å². The highest BCUT2D eigenvalue weighted by Gasteiger charge is 2.19. The summed E-state index contributed by atoms with van der Waals surface area (Å²) in [5.74, 6) is 2.24. The number of rotatable bonds is 2. The fourth-order valence-corrected chi connectivity index (χ4v) is 2.81. The minimum atomic E-state index is 0.473. The summed E-state index contributed by atoms with van der Waals surface area (Å²) >= 11 is 1.97. The van der Waals surface area contributed by atoms with Gasteiger partial charge >= 0.3 is 0 Å². The predicted molar refractivity (Wildman–Crippen MR) is 53.4 cm³/mol. The van der Waals surface area contributed by atoms with Gasteiger partial charge in [-0.25, -0.2) is 0 Å². The summed E-state index contributed by atoms with van der Waals surface area (Å²) in [4.78, 5) is 0. The standard InChI is InChI=1S/C9H14N2OS/c10-6-7-5-8(12-11-7)9-3-1-2-4-13-9/h5,9H,1-4,6,10H2. The molecule has 1 fully saturated rings. The lowest BCUT2D eigenvalue weighted by atomic mass is 10.1. The van der Waals surface area contributed by atoms with Gasteiger partial charge in [-0.3, -0.25) is 0 Å². The Bertz CT molecular complexity index is 268. The topological polar surface area (TPSA) is 52.0 Å². The lowest BCUT2D eigenvalue weighted by Crippen LogP contribution is -2.00. The van der Waals surface area contributed by atoms with Crippen LogP contribution in [0.15, 0.2) is 10.6 Å². The lowest BCUT2D eigenvalue weighted by Gasteiger charge is -2.17. The largest absolute Gasteiger partial charge is 0.360 e. The van der Waals surface area contributed by atoms with Gasteiger partial charge in [0, 0.05) is 12.6 Å². The van der Waals surface area contributed by atoms with E-state index in [0.717, 1.165) is 11.5 Å². The van der Waals surface area contributed by atoms with Crippen molar-refractivity contribution in [1.82, 2.24) is 5.16 Å². The fraction of sp³-hybridized carbons (Fsp3) is 0.667. The third-order valence-electron chi connectivity index (χ3n) is 2.28. The smallest absolute Gasteiger partial charge is 0.149 e. The molecule has 1 unspecified atom stereocenters. The maximum Gasteiger partial charge on any atom is 0.149 e. The van der Waals surface area contributed by atoms with Crippen LogP contribution in [0.25, 0.3) is 0 Å². The van der Waals surface area contributed by atoms with Crippen molar-refractivity contribution < 1.29 is 4.52 Å². The van der Waals surface area contributed by atoms with Gasteiger partial charge in [0.1, 0.15) is 5.76 Å². The average Bonchev–Trinajstić information content (AvgIpc) is 2.67. The van der Waals surface area contributed by atoms with Gasteiger partial charge in [0.05, 0.1) is 10.9 Å². The molecule has 0 saturated carbocycles. The van der Waals surface area contributed by atoms with E-state index >= 15 is 0 Å². The zero-order valence-corrected chi connectivity index (χ0v) is 8.35. The molecule has 0 radical (unpaired) electrons. The second kappa shape index (κ2) is 4.15. The van der Waals surface area contributed by atoms with E-state index in [0.29, 0.717) is 11.8 Å². The number of hydrogen-bond donors (Lipinski definition) is 1. The van der Waals surface area contributed by atoms with Gasteiger partial charge < -0.3 is 10.3 Å². The number of nitrogens with two attached hydrogens (primary N) is 1. The van der Waals surface area contributed by atoms with E-state index in [1.807, 2.05) is 17.8 Å². The minimum Gasteiger partial charge on any atom is -0.360 e. The van der Waals surface area contributed by atoms with Crippen LogP contribution in [0, 0.1) is 0 Å². The van der Waals surface area contributed by atoms with Crippen LogP contribution in [-0.4, -0.2) is 10.9 Å². The highest BCUT2D eigenvalue weighted by molar-refractivity contribution is 7.99. The summed E-state index contributed by atoms with van der Waals surface area (Å²) in [5, 5.41) is 4.41. The minimum absolute atomic E-state index is 0.473. The summed E-state index contributed by atoms with van der Waals surface area (Å²) in [7, 11) is 0. The molecule has 1 aliphatic heterocycles. The van der Waals surface area contributed by atoms with Crippen molar-refractivity contribution in [2.24, 2.45) is 5.73 Å². The summed E-state index contributed by atoms with van der Waals surface area (Å²) in [6.07, 6.45) is 3.85. The van der Waals surface area contributed by atoms with E-state index < -0.39 is 0 Å². The van der Waals surface area contributed by atoms with Gasteiger partial charge in [-0.2, -0.15) is 11.8 Å². The fourth-order valence-electron chi connectivity index (χ4n) is 1.54. The molecular formula is C9H14N2OS. The first-order valence-electron chi connectivity index (χ1n) is 4.67. The van der Waals surface area contributed by atoms with Gasteiger partial charge in [-0.1, -0.05) is 11.6 Å². The van der Waals surface area contributed by atoms with Crippen LogP contribution in [0.5, 0.6) is 0 Å². The molecule has 0 aromatic carbocycles. The molecule has 72 valence electrons. The molecule has 2 N–H and O–H groups in total. The van der Waals surface area contributed by atoms with Crippen LogP contribution in [0.2, 0.25) is 0 Å². The van der Waals surface area contributed by atoms with Crippen LogP contribution in [0.3, 0.4) is 0 Å². The summed E-state index contributed by atoms with van der Waals surface area (Å²) in [5.41, 5.74) is 6.33. The van der Waals surface area contributed by atoms with Gasteiger partial charge in [0.25, 0.3) is 0 Å². The van der Waals surface area contributed by atoms with Gasteiger partial charge in [-0.05, 0) is 18.6 Å². The van der Waals surface area contributed by atoms with Crippen molar-refractivity contribution in [3.05, 3.63) is 17.5 Å². The molecule has 0 aliphatic carbocycles. The Morgan fingerprint density at radius 2 is 2.54 bits per heavy atom. The Hall–Kier alpha value is -0.480. The van der Waals surface area contributed by atoms with Crippen molar-refractivity contribution in [1.29, 1.82) is 0 Å². The van der Waals surface area contributed by atoms with Crippen LogP contribution in [0.4, 0.5) is 0 Å². The van der Waals surface area contributed by atoms with Gasteiger partial charge in [0.2, 0.25) is 0 Å². The van der Waals surface area contributed by atoms with Crippen LogP contribution in [-0.2, 0) is 6.54 Å². The third-order valence-corrected chi connectivity index (χ3v) is 3.68. The first kappa shape index (κ1) is 9.09. The highest BCUT2D eigenvalue weighted by atomic mass is 32.2. The first-order valence-corrected chi connectivity index (χ1v) is 5.72. The molecule has 4 heteroatoms. The van der Waals surface area contributed by atoms with Crippen LogP contribution < -0.4 is 5.73 Å². The molecule has 1 saturated heterocycles. The molecule has 3 nitrogen and oxygen atoms in total. The number of aromatic nitrogens is 1. The van der Waals surface area contributed by atoms with E-state index in [1.54, 1.807) is 0 Å². The SMILES string of the molecule is NCc1cc(C2CCCCS2)on1. The monoisotopic (exact) mass is 198 g/mol. The average molecular weight is 198 g/mol. The molecule has 1 aromatic rings. The Balaban J connectivity index is 2.05. The van der Waals surface area contributed by atoms with Crippen molar-refractivity contribution in [2.75, 3.05) is 5.75 Å². The Kier molecular flexibility index (Phi) is 2.90. The first-order chi connectivity index (χ1) is 6.40.